The molecule has 0 saturated carbocycles. The number of nitrogens with zero attached hydrogens (tertiary/aromatic N) is 3. The summed E-state index contributed by atoms with van der Waals surface area (Å²) >= 11 is 2.73. The lowest BCUT2D eigenvalue weighted by Gasteiger charge is -2.15. The zero-order valence-corrected chi connectivity index (χ0v) is 18.9. The van der Waals surface area contributed by atoms with E-state index < -0.39 is 10.7 Å². The molecular weight excluding hydrogens is 418 g/mol. The van der Waals surface area contributed by atoms with Gasteiger partial charge in [0.1, 0.15) is 10.5 Å². The number of hydrogen-bond donors (Lipinski definition) is 1. The molecule has 0 radical (unpaired) electrons. The summed E-state index contributed by atoms with van der Waals surface area (Å²) < 4.78 is 5.68. The molecule has 1 aromatic carbocycles. The number of hydrogen-bond acceptors (Lipinski definition) is 7. The second-order valence-electron chi connectivity index (χ2n) is 7.31. The summed E-state index contributed by atoms with van der Waals surface area (Å²) in [5.74, 6) is 0.634. The molecule has 8 heteroatoms. The Labute approximate surface area is 184 Å². The number of thiazole rings is 1. The first-order chi connectivity index (χ1) is 14.4. The van der Waals surface area contributed by atoms with E-state index in [0.29, 0.717) is 18.9 Å². The lowest BCUT2D eigenvalue weighted by Crippen LogP contribution is -2.26. The lowest BCUT2D eigenvalue weighted by atomic mass is 10.2. The van der Waals surface area contributed by atoms with Crippen molar-refractivity contribution in [2.75, 3.05) is 6.61 Å². The summed E-state index contributed by atoms with van der Waals surface area (Å²) in [6.07, 6.45) is 6.50. The van der Waals surface area contributed by atoms with E-state index in [1.807, 2.05) is 42.0 Å². The fourth-order valence-corrected chi connectivity index (χ4v) is 4.83. The first-order valence-electron chi connectivity index (χ1n) is 9.78. The van der Waals surface area contributed by atoms with Gasteiger partial charge in [-0.05, 0) is 50.1 Å². The Kier molecular flexibility index (Phi) is 7.44. The van der Waals surface area contributed by atoms with Gasteiger partial charge < -0.3 is 9.84 Å². The number of benzene rings is 1. The predicted molar refractivity (Wildman–Crippen MR) is 120 cm³/mol. The Morgan fingerprint density at radius 3 is 2.50 bits per heavy atom. The Morgan fingerprint density at radius 1 is 1.17 bits per heavy atom. The normalized spacial score (nSPS) is 11.4. The standard InChI is InChI=1S/C22H25N3O3S2/c1-4-5-15-12-23-19(24-13-15)16-6-8-18(9-7-16)28-11-10-17-14-29-21(25-17)30-22(2,3)20(26)27/h6-9,12-14H,4-5,10-11H2,1-3H3,(H,26,27). The first-order valence-corrected chi connectivity index (χ1v) is 11.5. The largest absolute Gasteiger partial charge is 0.493 e. The van der Waals surface area contributed by atoms with Gasteiger partial charge in [0.15, 0.2) is 10.2 Å². The number of aliphatic carboxylic acids is 1. The van der Waals surface area contributed by atoms with Gasteiger partial charge in [-0.2, -0.15) is 0 Å². The summed E-state index contributed by atoms with van der Waals surface area (Å²) in [7, 11) is 0. The van der Waals surface area contributed by atoms with E-state index in [-0.39, 0.29) is 0 Å². The molecule has 0 aliphatic heterocycles. The van der Waals surface area contributed by atoms with Gasteiger partial charge in [0.2, 0.25) is 0 Å². The molecule has 0 aliphatic carbocycles. The van der Waals surface area contributed by atoms with E-state index in [2.05, 4.69) is 21.9 Å². The van der Waals surface area contributed by atoms with E-state index >= 15 is 0 Å². The topological polar surface area (TPSA) is 85.2 Å². The fraction of sp³-hybridized carbons (Fsp3) is 0.364. The van der Waals surface area contributed by atoms with Crippen LogP contribution in [0, 0.1) is 0 Å². The van der Waals surface area contributed by atoms with Crippen molar-refractivity contribution >= 4 is 29.1 Å². The van der Waals surface area contributed by atoms with Gasteiger partial charge in [-0.1, -0.05) is 25.1 Å². The van der Waals surface area contributed by atoms with Crippen LogP contribution >= 0.6 is 23.1 Å². The number of carboxylic acid groups (broad SMARTS) is 1. The third-order valence-corrected chi connectivity index (χ3v) is 6.54. The zero-order chi connectivity index (χ0) is 21.6. The van der Waals surface area contributed by atoms with Crippen molar-refractivity contribution in [3.63, 3.8) is 0 Å². The maximum Gasteiger partial charge on any atom is 0.319 e. The molecule has 1 N–H and O–H groups in total. The quantitative estimate of drug-likeness (QED) is 0.435. The number of carbonyl (C=O) groups is 1. The van der Waals surface area contributed by atoms with Crippen LogP contribution in [0.1, 0.15) is 38.4 Å². The highest BCUT2D eigenvalue weighted by molar-refractivity contribution is 8.02. The third-order valence-electron chi connectivity index (χ3n) is 4.37. The zero-order valence-electron chi connectivity index (χ0n) is 17.3. The van der Waals surface area contributed by atoms with Crippen LogP contribution in [0.4, 0.5) is 0 Å². The second-order valence-corrected chi connectivity index (χ2v) is 10.0. The minimum absolute atomic E-state index is 0.498. The summed E-state index contributed by atoms with van der Waals surface area (Å²) in [5.41, 5.74) is 3.00. The molecule has 3 rings (SSSR count). The monoisotopic (exact) mass is 443 g/mol. The molecule has 30 heavy (non-hydrogen) atoms. The summed E-state index contributed by atoms with van der Waals surface area (Å²) in [4.78, 5) is 24.6. The van der Waals surface area contributed by atoms with Gasteiger partial charge in [0, 0.05) is 29.8 Å². The Bertz CT molecular complexity index is 970. The van der Waals surface area contributed by atoms with Crippen LogP contribution in [0.2, 0.25) is 0 Å². The first kappa shape index (κ1) is 22.2. The fourth-order valence-electron chi connectivity index (χ4n) is 2.61. The van der Waals surface area contributed by atoms with Gasteiger partial charge >= 0.3 is 5.97 Å². The van der Waals surface area contributed by atoms with Crippen LogP contribution in [0.3, 0.4) is 0 Å². The lowest BCUT2D eigenvalue weighted by molar-refractivity contribution is -0.138. The van der Waals surface area contributed by atoms with Gasteiger partial charge in [-0.25, -0.2) is 15.0 Å². The number of carboxylic acids is 1. The van der Waals surface area contributed by atoms with E-state index in [1.165, 1.54) is 23.1 Å². The molecule has 0 amide bonds. The number of aryl methyl sites for hydroxylation is 1. The van der Waals surface area contributed by atoms with Crippen molar-refractivity contribution in [3.05, 3.63) is 53.3 Å². The molecule has 3 aromatic rings. The molecule has 0 spiro atoms. The Balaban J connectivity index is 1.50. The van der Waals surface area contributed by atoms with Crippen LogP contribution in [0.25, 0.3) is 11.4 Å². The average molecular weight is 444 g/mol. The molecule has 0 aliphatic rings. The molecule has 0 unspecified atom stereocenters. The third kappa shape index (κ3) is 6.03. The molecule has 2 heterocycles. The number of thioether (sulfide) groups is 1. The smallest absolute Gasteiger partial charge is 0.319 e. The highest BCUT2D eigenvalue weighted by Crippen LogP contribution is 2.34. The van der Waals surface area contributed by atoms with E-state index in [9.17, 15) is 9.90 Å². The minimum atomic E-state index is -0.895. The molecule has 6 nitrogen and oxygen atoms in total. The van der Waals surface area contributed by atoms with Crippen LogP contribution in [0.15, 0.2) is 46.4 Å². The highest BCUT2D eigenvalue weighted by Gasteiger charge is 2.29. The van der Waals surface area contributed by atoms with E-state index in [4.69, 9.17) is 4.74 Å². The summed E-state index contributed by atoms with van der Waals surface area (Å²) in [6.45, 7) is 5.99. The van der Waals surface area contributed by atoms with Crippen LogP contribution in [-0.2, 0) is 17.6 Å². The van der Waals surface area contributed by atoms with E-state index in [0.717, 1.165) is 39.8 Å². The number of ether oxygens (including phenoxy) is 1. The second kappa shape index (κ2) is 10.0. The Hall–Kier alpha value is -2.45. The average Bonchev–Trinajstić information content (AvgIpc) is 3.16. The van der Waals surface area contributed by atoms with Crippen molar-refractivity contribution in [2.45, 2.75) is 49.1 Å². The van der Waals surface area contributed by atoms with Crippen molar-refractivity contribution in [1.82, 2.24) is 15.0 Å². The summed E-state index contributed by atoms with van der Waals surface area (Å²) in [6, 6.07) is 7.73. The van der Waals surface area contributed by atoms with Crippen LogP contribution < -0.4 is 4.74 Å². The van der Waals surface area contributed by atoms with Crippen molar-refractivity contribution in [2.24, 2.45) is 0 Å². The molecule has 158 valence electrons. The SMILES string of the molecule is CCCc1cnc(-c2ccc(OCCc3csc(SC(C)(C)C(=O)O)n3)cc2)nc1. The number of rotatable bonds is 10. The minimum Gasteiger partial charge on any atom is -0.493 e. The molecule has 2 aromatic heterocycles. The molecular formula is C22H25N3O3S2. The van der Waals surface area contributed by atoms with Crippen LogP contribution in [-0.4, -0.2) is 37.4 Å². The van der Waals surface area contributed by atoms with Gasteiger partial charge in [0.05, 0.1) is 12.3 Å². The maximum atomic E-state index is 11.2. The molecule has 0 saturated heterocycles. The van der Waals surface area contributed by atoms with Gasteiger partial charge in [0.25, 0.3) is 0 Å². The highest BCUT2D eigenvalue weighted by atomic mass is 32.2. The van der Waals surface area contributed by atoms with Crippen molar-refractivity contribution in [1.29, 1.82) is 0 Å². The van der Waals surface area contributed by atoms with E-state index in [1.54, 1.807) is 13.8 Å². The Morgan fingerprint density at radius 2 is 1.87 bits per heavy atom. The van der Waals surface area contributed by atoms with Crippen molar-refractivity contribution in [3.8, 4) is 17.1 Å². The predicted octanol–water partition coefficient (Wildman–Crippen LogP) is 5.13. The van der Waals surface area contributed by atoms with Gasteiger partial charge in [-0.3, -0.25) is 4.79 Å². The van der Waals surface area contributed by atoms with Crippen molar-refractivity contribution < 1.29 is 14.6 Å². The van der Waals surface area contributed by atoms with Gasteiger partial charge in [-0.15, -0.1) is 11.3 Å². The van der Waals surface area contributed by atoms with Crippen LogP contribution in [0.5, 0.6) is 5.75 Å². The maximum absolute atomic E-state index is 11.2. The summed E-state index contributed by atoms with van der Waals surface area (Å²) in [5, 5.41) is 11.2. The molecule has 0 atom stereocenters. The molecule has 0 bridgehead atoms. The molecule has 0 fully saturated rings. The number of aromatic nitrogens is 3.